The Kier molecular flexibility index (Phi) is 5.47. The maximum absolute atomic E-state index is 11.5. The summed E-state index contributed by atoms with van der Waals surface area (Å²) in [5, 5.41) is 0.601. The number of carbonyl (C=O) groups is 3. The van der Waals surface area contributed by atoms with Crippen LogP contribution >= 0.6 is 11.8 Å². The zero-order valence-electron chi connectivity index (χ0n) is 10.1. The van der Waals surface area contributed by atoms with Crippen molar-refractivity contribution in [1.29, 1.82) is 0 Å². The molecule has 5 nitrogen and oxygen atoms in total. The van der Waals surface area contributed by atoms with Gasteiger partial charge in [-0.3, -0.25) is 9.59 Å². The third-order valence-electron chi connectivity index (χ3n) is 2.53. The summed E-state index contributed by atoms with van der Waals surface area (Å²) >= 11 is 1.72. The molecule has 0 spiro atoms. The van der Waals surface area contributed by atoms with E-state index < -0.39 is 17.8 Å². The number of amides is 2. The summed E-state index contributed by atoms with van der Waals surface area (Å²) in [5.74, 6) is -0.194. The molecule has 1 aliphatic rings. The van der Waals surface area contributed by atoms with Crippen LogP contribution in [0.4, 0.5) is 0 Å². The summed E-state index contributed by atoms with van der Waals surface area (Å²) in [7, 11) is 0. The fourth-order valence-electron chi connectivity index (χ4n) is 1.50. The van der Waals surface area contributed by atoms with Gasteiger partial charge in [0.1, 0.15) is 0 Å². The molecular weight excluding hydrogens is 242 g/mol. The van der Waals surface area contributed by atoms with Crippen LogP contribution in [0.3, 0.4) is 0 Å². The number of hydrogen-bond donors (Lipinski definition) is 0. The largest absolute Gasteiger partial charge is 0.333 e. The molecule has 1 fully saturated rings. The van der Waals surface area contributed by atoms with Crippen LogP contribution in [0.5, 0.6) is 0 Å². The molecule has 1 saturated heterocycles. The summed E-state index contributed by atoms with van der Waals surface area (Å²) in [6, 6.07) is 0. The molecule has 96 valence electrons. The number of rotatable bonds is 6. The molecule has 0 aromatic carbocycles. The van der Waals surface area contributed by atoms with Gasteiger partial charge in [0.2, 0.25) is 0 Å². The highest BCUT2D eigenvalue weighted by atomic mass is 32.2. The summed E-state index contributed by atoms with van der Waals surface area (Å²) < 4.78 is 0. The predicted molar refractivity (Wildman–Crippen MR) is 64.0 cm³/mol. The van der Waals surface area contributed by atoms with Gasteiger partial charge in [-0.25, -0.2) is 4.79 Å². The zero-order chi connectivity index (χ0) is 12.8. The lowest BCUT2D eigenvalue weighted by Gasteiger charge is -2.14. The first-order chi connectivity index (χ1) is 8.04. The van der Waals surface area contributed by atoms with Gasteiger partial charge in [-0.2, -0.15) is 11.8 Å². The van der Waals surface area contributed by atoms with Crippen molar-refractivity contribution in [2.45, 2.75) is 32.6 Å². The average molecular weight is 259 g/mol. The molecule has 1 aliphatic heterocycles. The van der Waals surface area contributed by atoms with Crippen molar-refractivity contribution in [2.75, 3.05) is 12.0 Å². The summed E-state index contributed by atoms with van der Waals surface area (Å²) in [6.07, 6.45) is 3.42. The Bertz CT molecular complexity index is 303. The standard InChI is InChI=1S/C11H17NO4S/c1-8(5-6-17-2)7-11(15)16-12-9(13)3-4-10(12)14/h8H,3-7H2,1-2H3. The van der Waals surface area contributed by atoms with Gasteiger partial charge in [0.25, 0.3) is 11.8 Å². The molecule has 0 bridgehead atoms. The second-order valence-electron chi connectivity index (χ2n) is 4.14. The lowest BCUT2D eigenvalue weighted by Crippen LogP contribution is -2.32. The Morgan fingerprint density at radius 1 is 1.41 bits per heavy atom. The molecule has 17 heavy (non-hydrogen) atoms. The number of nitrogens with zero attached hydrogens (tertiary/aromatic N) is 1. The molecule has 1 rings (SSSR count). The van der Waals surface area contributed by atoms with Gasteiger partial charge in [0.15, 0.2) is 0 Å². The molecule has 1 heterocycles. The summed E-state index contributed by atoms with van der Waals surface area (Å²) in [6.45, 7) is 1.95. The molecule has 0 aromatic heterocycles. The van der Waals surface area contributed by atoms with Crippen molar-refractivity contribution in [3.63, 3.8) is 0 Å². The van der Waals surface area contributed by atoms with E-state index in [2.05, 4.69) is 0 Å². The van der Waals surface area contributed by atoms with Gasteiger partial charge < -0.3 is 4.84 Å². The lowest BCUT2D eigenvalue weighted by molar-refractivity contribution is -0.198. The Morgan fingerprint density at radius 3 is 2.53 bits per heavy atom. The monoisotopic (exact) mass is 259 g/mol. The smallest absolute Gasteiger partial charge is 0.330 e. The van der Waals surface area contributed by atoms with Crippen LogP contribution in [0.2, 0.25) is 0 Å². The molecule has 0 N–H and O–H groups in total. The Labute approximate surface area is 105 Å². The molecule has 6 heteroatoms. The predicted octanol–water partition coefficient (Wildman–Crippen LogP) is 1.37. The van der Waals surface area contributed by atoms with Crippen molar-refractivity contribution in [2.24, 2.45) is 5.92 Å². The maximum atomic E-state index is 11.5. The molecule has 0 aromatic rings. The SMILES string of the molecule is CSCCC(C)CC(=O)ON1C(=O)CCC1=O. The van der Waals surface area contributed by atoms with E-state index >= 15 is 0 Å². The van der Waals surface area contributed by atoms with E-state index in [1.807, 2.05) is 13.2 Å². The minimum Gasteiger partial charge on any atom is -0.330 e. The highest BCUT2D eigenvalue weighted by molar-refractivity contribution is 7.98. The van der Waals surface area contributed by atoms with Crippen LogP contribution < -0.4 is 0 Å². The zero-order valence-corrected chi connectivity index (χ0v) is 10.9. The quantitative estimate of drug-likeness (QED) is 0.674. The van der Waals surface area contributed by atoms with Gasteiger partial charge in [-0.05, 0) is 24.3 Å². The fraction of sp³-hybridized carbons (Fsp3) is 0.727. The number of thioether (sulfide) groups is 1. The number of imide groups is 1. The van der Waals surface area contributed by atoms with E-state index in [-0.39, 0.29) is 25.2 Å². The average Bonchev–Trinajstić information content (AvgIpc) is 2.58. The van der Waals surface area contributed by atoms with E-state index in [0.717, 1.165) is 12.2 Å². The molecule has 0 saturated carbocycles. The van der Waals surface area contributed by atoms with Gasteiger partial charge >= 0.3 is 5.97 Å². The lowest BCUT2D eigenvalue weighted by atomic mass is 10.1. The molecule has 1 unspecified atom stereocenters. The Hall–Kier alpha value is -1.04. The maximum Gasteiger partial charge on any atom is 0.333 e. The first kappa shape index (κ1) is 14.0. The minimum absolute atomic E-state index is 0.133. The summed E-state index contributed by atoms with van der Waals surface area (Å²) in [5.41, 5.74) is 0. The highest BCUT2D eigenvalue weighted by Crippen LogP contribution is 2.16. The fourth-order valence-corrected chi connectivity index (χ4v) is 2.14. The van der Waals surface area contributed by atoms with E-state index in [4.69, 9.17) is 4.84 Å². The van der Waals surface area contributed by atoms with Crippen molar-refractivity contribution in [3.05, 3.63) is 0 Å². The molecular formula is C11H17NO4S. The molecule has 0 aliphatic carbocycles. The minimum atomic E-state index is -0.512. The normalized spacial score (nSPS) is 17.4. The summed E-state index contributed by atoms with van der Waals surface area (Å²) in [4.78, 5) is 38.7. The van der Waals surface area contributed by atoms with Crippen molar-refractivity contribution < 1.29 is 19.2 Å². The van der Waals surface area contributed by atoms with Crippen LogP contribution in [-0.2, 0) is 19.2 Å². The third-order valence-corrected chi connectivity index (χ3v) is 3.17. The Balaban J connectivity index is 2.34. The van der Waals surface area contributed by atoms with E-state index in [1.165, 1.54) is 0 Å². The number of carbonyl (C=O) groups excluding carboxylic acids is 3. The van der Waals surface area contributed by atoms with E-state index in [9.17, 15) is 14.4 Å². The molecule has 2 amide bonds. The first-order valence-electron chi connectivity index (χ1n) is 5.60. The van der Waals surface area contributed by atoms with Crippen LogP contribution in [-0.4, -0.2) is 34.9 Å². The van der Waals surface area contributed by atoms with Gasteiger partial charge in [0, 0.05) is 12.8 Å². The number of hydrogen-bond acceptors (Lipinski definition) is 5. The first-order valence-corrected chi connectivity index (χ1v) is 6.99. The van der Waals surface area contributed by atoms with Gasteiger partial charge in [-0.1, -0.05) is 6.92 Å². The topological polar surface area (TPSA) is 63.7 Å². The van der Waals surface area contributed by atoms with Crippen molar-refractivity contribution in [3.8, 4) is 0 Å². The second kappa shape index (κ2) is 6.64. The van der Waals surface area contributed by atoms with Crippen LogP contribution in [0, 0.1) is 5.92 Å². The van der Waals surface area contributed by atoms with E-state index in [1.54, 1.807) is 11.8 Å². The third kappa shape index (κ3) is 4.38. The second-order valence-corrected chi connectivity index (χ2v) is 5.12. The van der Waals surface area contributed by atoms with Crippen molar-refractivity contribution in [1.82, 2.24) is 5.06 Å². The van der Waals surface area contributed by atoms with Crippen LogP contribution in [0.15, 0.2) is 0 Å². The molecule has 1 atom stereocenters. The Morgan fingerprint density at radius 2 is 2.00 bits per heavy atom. The van der Waals surface area contributed by atoms with Crippen LogP contribution in [0.25, 0.3) is 0 Å². The number of hydroxylamine groups is 2. The van der Waals surface area contributed by atoms with Crippen LogP contribution in [0.1, 0.15) is 32.6 Å². The van der Waals surface area contributed by atoms with Gasteiger partial charge in [0.05, 0.1) is 6.42 Å². The van der Waals surface area contributed by atoms with Gasteiger partial charge in [-0.15, -0.1) is 5.06 Å². The highest BCUT2D eigenvalue weighted by Gasteiger charge is 2.32. The molecule has 0 radical (unpaired) electrons. The van der Waals surface area contributed by atoms with E-state index in [0.29, 0.717) is 5.06 Å². The van der Waals surface area contributed by atoms with Crippen molar-refractivity contribution >= 4 is 29.5 Å².